The van der Waals surface area contributed by atoms with Crippen LogP contribution in [0.2, 0.25) is 0 Å². The molecule has 22 heavy (non-hydrogen) atoms. The molecular formula is C15H16N2O4S. The molecule has 0 amide bonds. The van der Waals surface area contributed by atoms with Gasteiger partial charge in [-0.1, -0.05) is 12.1 Å². The Balaban J connectivity index is 2.20. The van der Waals surface area contributed by atoms with Crippen LogP contribution in [-0.2, 0) is 14.8 Å². The number of rotatable bonds is 5. The fraction of sp³-hybridized carbons (Fsp3) is 0.133. The fourth-order valence-corrected chi connectivity index (χ4v) is 2.44. The number of hydrogen-bond donors (Lipinski definition) is 2. The lowest BCUT2D eigenvalue weighted by Gasteiger charge is -2.11. The summed E-state index contributed by atoms with van der Waals surface area (Å²) < 4.78 is 29.4. The predicted molar refractivity (Wildman–Crippen MR) is 86.0 cm³/mol. The SMILES string of the molecule is COC(=O)c1ccccc1Nc1ccc(NS(C)(=O)=O)cc1. The zero-order valence-corrected chi connectivity index (χ0v) is 13.0. The minimum Gasteiger partial charge on any atom is -0.465 e. The van der Waals surface area contributed by atoms with E-state index in [1.54, 1.807) is 48.5 Å². The van der Waals surface area contributed by atoms with Gasteiger partial charge in [0.25, 0.3) is 0 Å². The second-order valence-corrected chi connectivity index (χ2v) is 6.36. The Kier molecular flexibility index (Phi) is 4.67. The van der Waals surface area contributed by atoms with Crippen LogP contribution in [0.4, 0.5) is 17.1 Å². The highest BCUT2D eigenvalue weighted by molar-refractivity contribution is 7.92. The molecule has 0 unspecified atom stereocenters. The molecular weight excluding hydrogens is 304 g/mol. The van der Waals surface area contributed by atoms with E-state index in [9.17, 15) is 13.2 Å². The molecule has 2 rings (SSSR count). The maximum atomic E-state index is 11.7. The van der Waals surface area contributed by atoms with Crippen molar-refractivity contribution in [2.45, 2.75) is 0 Å². The van der Waals surface area contributed by atoms with Crippen molar-refractivity contribution in [1.82, 2.24) is 0 Å². The summed E-state index contributed by atoms with van der Waals surface area (Å²) in [7, 11) is -1.98. The number of nitrogens with one attached hydrogen (secondary N) is 2. The van der Waals surface area contributed by atoms with Gasteiger partial charge in [0, 0.05) is 11.4 Å². The van der Waals surface area contributed by atoms with Crippen LogP contribution >= 0.6 is 0 Å². The Labute approximate surface area is 129 Å². The molecule has 0 bridgehead atoms. The van der Waals surface area contributed by atoms with Gasteiger partial charge in [-0.15, -0.1) is 0 Å². The molecule has 0 aliphatic heterocycles. The molecule has 7 heteroatoms. The normalized spacial score (nSPS) is 10.8. The first-order valence-corrected chi connectivity index (χ1v) is 8.30. The van der Waals surface area contributed by atoms with Crippen molar-refractivity contribution in [3.05, 3.63) is 54.1 Å². The molecule has 0 aliphatic rings. The molecule has 0 aromatic heterocycles. The molecule has 2 aromatic rings. The zero-order chi connectivity index (χ0) is 16.2. The lowest BCUT2D eigenvalue weighted by Crippen LogP contribution is -2.09. The van der Waals surface area contributed by atoms with Crippen molar-refractivity contribution in [3.8, 4) is 0 Å². The van der Waals surface area contributed by atoms with Crippen molar-refractivity contribution < 1.29 is 17.9 Å². The van der Waals surface area contributed by atoms with E-state index in [0.29, 0.717) is 16.9 Å². The third-order valence-electron chi connectivity index (χ3n) is 2.80. The highest BCUT2D eigenvalue weighted by Gasteiger charge is 2.11. The molecule has 0 fully saturated rings. The summed E-state index contributed by atoms with van der Waals surface area (Å²) in [5.41, 5.74) is 2.21. The molecule has 6 nitrogen and oxygen atoms in total. The number of hydrogen-bond acceptors (Lipinski definition) is 5. The van der Waals surface area contributed by atoms with E-state index in [1.807, 2.05) is 0 Å². The maximum absolute atomic E-state index is 11.7. The molecule has 0 saturated carbocycles. The minimum absolute atomic E-state index is 0.420. The lowest BCUT2D eigenvalue weighted by atomic mass is 10.1. The van der Waals surface area contributed by atoms with Crippen LogP contribution in [0.3, 0.4) is 0 Å². The Morgan fingerprint density at radius 1 is 1.00 bits per heavy atom. The van der Waals surface area contributed by atoms with Gasteiger partial charge in [0.05, 0.1) is 24.6 Å². The third kappa shape index (κ3) is 4.23. The largest absolute Gasteiger partial charge is 0.465 e. The van der Waals surface area contributed by atoms with E-state index in [0.717, 1.165) is 11.9 Å². The molecule has 0 spiro atoms. The van der Waals surface area contributed by atoms with Crippen LogP contribution in [0.25, 0.3) is 0 Å². The molecule has 0 heterocycles. The first-order chi connectivity index (χ1) is 10.4. The molecule has 116 valence electrons. The van der Waals surface area contributed by atoms with Crippen molar-refractivity contribution in [1.29, 1.82) is 0 Å². The summed E-state index contributed by atoms with van der Waals surface area (Å²) in [6.07, 6.45) is 1.09. The van der Waals surface area contributed by atoms with E-state index >= 15 is 0 Å². The van der Waals surface area contributed by atoms with Crippen molar-refractivity contribution in [3.63, 3.8) is 0 Å². The average Bonchev–Trinajstić information content (AvgIpc) is 2.47. The lowest BCUT2D eigenvalue weighted by molar-refractivity contribution is 0.0602. The van der Waals surface area contributed by atoms with Gasteiger partial charge in [-0.2, -0.15) is 0 Å². The number of methoxy groups -OCH3 is 1. The van der Waals surface area contributed by atoms with Crippen LogP contribution in [0.1, 0.15) is 10.4 Å². The second-order valence-electron chi connectivity index (χ2n) is 4.61. The van der Waals surface area contributed by atoms with E-state index in [1.165, 1.54) is 7.11 Å². The molecule has 2 aromatic carbocycles. The second kappa shape index (κ2) is 6.48. The van der Waals surface area contributed by atoms with Gasteiger partial charge < -0.3 is 10.1 Å². The van der Waals surface area contributed by atoms with Crippen LogP contribution in [-0.4, -0.2) is 27.8 Å². The Morgan fingerprint density at radius 2 is 1.59 bits per heavy atom. The zero-order valence-electron chi connectivity index (χ0n) is 12.2. The first kappa shape index (κ1) is 15.8. The quantitative estimate of drug-likeness (QED) is 0.827. The summed E-state index contributed by atoms with van der Waals surface area (Å²) in [4.78, 5) is 11.7. The van der Waals surface area contributed by atoms with Gasteiger partial charge in [0.15, 0.2) is 0 Å². The predicted octanol–water partition coefficient (Wildman–Crippen LogP) is 2.59. The van der Waals surface area contributed by atoms with Gasteiger partial charge in [-0.05, 0) is 36.4 Å². The average molecular weight is 320 g/mol. The summed E-state index contributed by atoms with van der Waals surface area (Å²) >= 11 is 0. The van der Waals surface area contributed by atoms with Gasteiger partial charge >= 0.3 is 5.97 Å². The molecule has 0 aliphatic carbocycles. The number of benzene rings is 2. The van der Waals surface area contributed by atoms with Crippen molar-refractivity contribution in [2.24, 2.45) is 0 Å². The molecule has 0 saturated heterocycles. The van der Waals surface area contributed by atoms with Crippen LogP contribution < -0.4 is 10.0 Å². The number of ether oxygens (including phenoxy) is 1. The van der Waals surface area contributed by atoms with Crippen LogP contribution in [0.5, 0.6) is 0 Å². The van der Waals surface area contributed by atoms with E-state index in [2.05, 4.69) is 10.0 Å². The third-order valence-corrected chi connectivity index (χ3v) is 3.41. The maximum Gasteiger partial charge on any atom is 0.339 e. The van der Waals surface area contributed by atoms with Crippen molar-refractivity contribution >= 4 is 33.1 Å². The number of sulfonamides is 1. The van der Waals surface area contributed by atoms with E-state index in [4.69, 9.17) is 4.74 Å². The summed E-state index contributed by atoms with van der Waals surface area (Å²) in [5.74, 6) is -0.432. The number of carbonyl (C=O) groups is 1. The number of anilines is 3. The highest BCUT2D eigenvalue weighted by Crippen LogP contribution is 2.23. The summed E-state index contributed by atoms with van der Waals surface area (Å²) in [5, 5.41) is 3.10. The Morgan fingerprint density at radius 3 is 2.18 bits per heavy atom. The topological polar surface area (TPSA) is 84.5 Å². The first-order valence-electron chi connectivity index (χ1n) is 6.41. The molecule has 2 N–H and O–H groups in total. The summed E-state index contributed by atoms with van der Waals surface area (Å²) in [6, 6.07) is 13.6. The standard InChI is InChI=1S/C15H16N2O4S/c1-21-15(18)13-5-3-4-6-14(13)16-11-7-9-12(10-8-11)17-22(2,19)20/h3-10,16-17H,1-2H3. The minimum atomic E-state index is -3.30. The van der Waals surface area contributed by atoms with Crippen LogP contribution in [0, 0.1) is 0 Å². The van der Waals surface area contributed by atoms with Gasteiger partial charge in [0.2, 0.25) is 10.0 Å². The smallest absolute Gasteiger partial charge is 0.339 e. The van der Waals surface area contributed by atoms with Crippen molar-refractivity contribution in [2.75, 3.05) is 23.4 Å². The Bertz CT molecular complexity index is 770. The number of esters is 1. The van der Waals surface area contributed by atoms with Gasteiger partial charge in [0.1, 0.15) is 0 Å². The Hall–Kier alpha value is -2.54. The molecule has 0 atom stereocenters. The monoisotopic (exact) mass is 320 g/mol. The number of para-hydroxylation sites is 1. The summed E-state index contributed by atoms with van der Waals surface area (Å²) in [6.45, 7) is 0. The number of carbonyl (C=O) groups excluding carboxylic acids is 1. The van der Waals surface area contributed by atoms with Gasteiger partial charge in [-0.25, -0.2) is 13.2 Å². The molecule has 0 radical (unpaired) electrons. The highest BCUT2D eigenvalue weighted by atomic mass is 32.2. The van der Waals surface area contributed by atoms with E-state index < -0.39 is 16.0 Å². The van der Waals surface area contributed by atoms with E-state index in [-0.39, 0.29) is 0 Å². The fourth-order valence-electron chi connectivity index (χ4n) is 1.87. The van der Waals surface area contributed by atoms with Gasteiger partial charge in [-0.3, -0.25) is 4.72 Å². The van der Waals surface area contributed by atoms with Crippen LogP contribution in [0.15, 0.2) is 48.5 Å².